The summed E-state index contributed by atoms with van der Waals surface area (Å²) in [7, 11) is 0. The van der Waals surface area contributed by atoms with Crippen LogP contribution >= 0.6 is 11.8 Å². The Morgan fingerprint density at radius 2 is 1.96 bits per heavy atom. The lowest BCUT2D eigenvalue weighted by Gasteiger charge is -1.98. The van der Waals surface area contributed by atoms with Gasteiger partial charge in [0, 0.05) is 29.2 Å². The lowest BCUT2D eigenvalue weighted by molar-refractivity contribution is -0.115. The van der Waals surface area contributed by atoms with E-state index in [2.05, 4.69) is 39.8 Å². The van der Waals surface area contributed by atoms with E-state index in [1.54, 1.807) is 0 Å². The predicted molar refractivity (Wildman–Crippen MR) is 114 cm³/mol. The zero-order valence-corrected chi connectivity index (χ0v) is 15.8. The molecule has 0 unspecified atom stereocenters. The van der Waals surface area contributed by atoms with Crippen molar-refractivity contribution >= 4 is 45.5 Å². The van der Waals surface area contributed by atoms with Gasteiger partial charge in [0.25, 0.3) is 5.91 Å². The van der Waals surface area contributed by atoms with Crippen molar-refractivity contribution in [1.82, 2.24) is 9.88 Å². The zero-order chi connectivity index (χ0) is 18.8. The van der Waals surface area contributed by atoms with Gasteiger partial charge in [-0.25, -0.2) is 4.99 Å². The standard InChI is InChI=1S/C22H19N3OS/c1-3-12-25-14-16(18-6-4-5-7-19(18)25)13-20-21(26)24-22(27-20)23-17-10-8-15(2)9-11-17/h3-11,13-14H,1,12H2,2H3,(H,23,24,26)/b20-13+. The third-order valence-electron chi connectivity index (χ3n) is 4.35. The van der Waals surface area contributed by atoms with E-state index in [0.717, 1.165) is 28.7 Å². The topological polar surface area (TPSA) is 46.4 Å². The maximum absolute atomic E-state index is 12.4. The molecule has 5 heteroatoms. The molecule has 27 heavy (non-hydrogen) atoms. The van der Waals surface area contributed by atoms with Crippen molar-refractivity contribution in [1.29, 1.82) is 0 Å². The molecule has 1 amide bonds. The molecule has 1 aromatic heterocycles. The molecule has 1 aliphatic heterocycles. The summed E-state index contributed by atoms with van der Waals surface area (Å²) >= 11 is 1.36. The van der Waals surface area contributed by atoms with E-state index in [9.17, 15) is 4.79 Å². The van der Waals surface area contributed by atoms with Gasteiger partial charge in [-0.3, -0.25) is 4.79 Å². The number of amides is 1. The van der Waals surface area contributed by atoms with Crippen LogP contribution in [-0.2, 0) is 11.3 Å². The molecule has 1 aliphatic rings. The molecule has 134 valence electrons. The number of para-hydroxylation sites is 1. The second-order valence-corrected chi connectivity index (χ2v) is 7.39. The fourth-order valence-corrected chi connectivity index (χ4v) is 3.87. The molecule has 0 aliphatic carbocycles. The van der Waals surface area contributed by atoms with Crippen LogP contribution in [0.4, 0.5) is 5.69 Å². The number of fused-ring (bicyclic) bond motifs is 1. The molecule has 0 atom stereocenters. The molecular formula is C22H19N3OS. The van der Waals surface area contributed by atoms with Crippen LogP contribution in [0.5, 0.6) is 0 Å². The molecular weight excluding hydrogens is 354 g/mol. The molecule has 3 aromatic rings. The minimum absolute atomic E-state index is 0.119. The van der Waals surface area contributed by atoms with Gasteiger partial charge in [-0.1, -0.05) is 42.0 Å². The van der Waals surface area contributed by atoms with Crippen molar-refractivity contribution in [3.8, 4) is 0 Å². The fourth-order valence-electron chi connectivity index (χ4n) is 3.04. The molecule has 2 aromatic carbocycles. The first-order valence-electron chi connectivity index (χ1n) is 8.69. The maximum Gasteiger partial charge on any atom is 0.264 e. The highest BCUT2D eigenvalue weighted by Crippen LogP contribution is 2.31. The Balaban J connectivity index is 1.67. The van der Waals surface area contributed by atoms with Crippen molar-refractivity contribution in [2.75, 3.05) is 0 Å². The van der Waals surface area contributed by atoms with Crippen molar-refractivity contribution in [3.63, 3.8) is 0 Å². The highest BCUT2D eigenvalue weighted by Gasteiger charge is 2.24. The molecule has 0 spiro atoms. The van der Waals surface area contributed by atoms with E-state index in [1.165, 1.54) is 17.3 Å². The van der Waals surface area contributed by atoms with Crippen LogP contribution in [0.25, 0.3) is 17.0 Å². The van der Waals surface area contributed by atoms with Gasteiger partial charge < -0.3 is 9.88 Å². The van der Waals surface area contributed by atoms with Crippen molar-refractivity contribution in [2.24, 2.45) is 4.99 Å². The van der Waals surface area contributed by atoms with E-state index in [-0.39, 0.29) is 5.91 Å². The normalized spacial score (nSPS) is 17.0. The Morgan fingerprint density at radius 1 is 1.19 bits per heavy atom. The maximum atomic E-state index is 12.4. The average molecular weight is 373 g/mol. The highest BCUT2D eigenvalue weighted by molar-refractivity contribution is 8.18. The Labute approximate surface area is 162 Å². The summed E-state index contributed by atoms with van der Waals surface area (Å²) in [6.07, 6.45) is 5.86. The lowest BCUT2D eigenvalue weighted by Crippen LogP contribution is -2.19. The summed E-state index contributed by atoms with van der Waals surface area (Å²) in [5, 5.41) is 4.57. The molecule has 4 rings (SSSR count). The quantitative estimate of drug-likeness (QED) is 0.515. The number of aromatic nitrogens is 1. The molecule has 0 saturated carbocycles. The Morgan fingerprint density at radius 3 is 2.74 bits per heavy atom. The van der Waals surface area contributed by atoms with Gasteiger partial charge in [-0.05, 0) is 43.0 Å². The van der Waals surface area contributed by atoms with E-state index < -0.39 is 0 Å². The summed E-state index contributed by atoms with van der Waals surface area (Å²) < 4.78 is 2.13. The third kappa shape index (κ3) is 3.59. The van der Waals surface area contributed by atoms with Crippen LogP contribution in [0, 0.1) is 6.92 Å². The first-order valence-corrected chi connectivity index (χ1v) is 9.51. The number of rotatable bonds is 4. The molecule has 0 radical (unpaired) electrons. The number of benzene rings is 2. The number of thioether (sulfide) groups is 1. The minimum Gasteiger partial charge on any atom is -0.343 e. The molecule has 1 saturated heterocycles. The summed E-state index contributed by atoms with van der Waals surface area (Å²) in [6, 6.07) is 16.1. The molecule has 0 bridgehead atoms. The zero-order valence-electron chi connectivity index (χ0n) is 15.0. The average Bonchev–Trinajstić information content (AvgIpc) is 3.19. The van der Waals surface area contributed by atoms with Gasteiger partial charge in [-0.15, -0.1) is 6.58 Å². The molecule has 4 nitrogen and oxygen atoms in total. The minimum atomic E-state index is -0.119. The fraction of sp³-hybridized carbons (Fsp3) is 0.0909. The first kappa shape index (κ1) is 17.4. The first-order chi connectivity index (χ1) is 13.1. The third-order valence-corrected chi connectivity index (χ3v) is 5.26. The highest BCUT2D eigenvalue weighted by atomic mass is 32.2. The number of aryl methyl sites for hydroxylation is 1. The number of hydrogen-bond donors (Lipinski definition) is 1. The smallest absolute Gasteiger partial charge is 0.264 e. The summed E-state index contributed by atoms with van der Waals surface area (Å²) in [6.45, 7) is 6.58. The van der Waals surface area contributed by atoms with Crippen LogP contribution in [0.3, 0.4) is 0 Å². The summed E-state index contributed by atoms with van der Waals surface area (Å²) in [5.74, 6) is -0.119. The van der Waals surface area contributed by atoms with E-state index in [1.807, 2.05) is 55.5 Å². The van der Waals surface area contributed by atoms with Crippen molar-refractivity contribution in [3.05, 3.63) is 83.4 Å². The predicted octanol–water partition coefficient (Wildman–Crippen LogP) is 5.03. The van der Waals surface area contributed by atoms with Crippen LogP contribution in [0.2, 0.25) is 0 Å². The number of amidine groups is 1. The summed E-state index contributed by atoms with van der Waals surface area (Å²) in [5.41, 5.74) is 4.15. The van der Waals surface area contributed by atoms with Gasteiger partial charge in [-0.2, -0.15) is 0 Å². The summed E-state index contributed by atoms with van der Waals surface area (Å²) in [4.78, 5) is 17.6. The van der Waals surface area contributed by atoms with Gasteiger partial charge in [0.1, 0.15) is 0 Å². The van der Waals surface area contributed by atoms with Gasteiger partial charge in [0.2, 0.25) is 0 Å². The Kier molecular flexibility index (Phi) is 4.69. The van der Waals surface area contributed by atoms with Gasteiger partial charge >= 0.3 is 0 Å². The molecule has 1 N–H and O–H groups in total. The van der Waals surface area contributed by atoms with Crippen LogP contribution in [0.15, 0.2) is 77.3 Å². The van der Waals surface area contributed by atoms with Crippen LogP contribution in [0.1, 0.15) is 11.1 Å². The number of carbonyl (C=O) groups is 1. The number of aliphatic imine (C=N–C) groups is 1. The Bertz CT molecular complexity index is 1090. The second-order valence-electron chi connectivity index (χ2n) is 6.36. The number of carbonyl (C=O) groups excluding carboxylic acids is 1. The number of hydrogen-bond acceptors (Lipinski definition) is 3. The van der Waals surface area contributed by atoms with E-state index in [0.29, 0.717) is 10.1 Å². The molecule has 2 heterocycles. The molecule has 1 fully saturated rings. The number of nitrogens with zero attached hydrogens (tertiary/aromatic N) is 2. The van der Waals surface area contributed by atoms with Crippen LogP contribution < -0.4 is 5.32 Å². The largest absolute Gasteiger partial charge is 0.343 e. The number of allylic oxidation sites excluding steroid dienone is 1. The Hall–Kier alpha value is -3.05. The SMILES string of the molecule is C=CCn1cc(/C=C2/SC(=Nc3ccc(C)cc3)NC2=O)c2ccccc21. The lowest BCUT2D eigenvalue weighted by atomic mass is 10.1. The van der Waals surface area contributed by atoms with Gasteiger partial charge in [0.05, 0.1) is 10.6 Å². The van der Waals surface area contributed by atoms with Crippen LogP contribution in [-0.4, -0.2) is 15.6 Å². The monoisotopic (exact) mass is 373 g/mol. The second kappa shape index (κ2) is 7.29. The van der Waals surface area contributed by atoms with Crippen molar-refractivity contribution in [2.45, 2.75) is 13.5 Å². The van der Waals surface area contributed by atoms with E-state index in [4.69, 9.17) is 0 Å². The van der Waals surface area contributed by atoms with Crippen molar-refractivity contribution < 1.29 is 4.79 Å². The van der Waals surface area contributed by atoms with E-state index >= 15 is 0 Å². The number of nitrogens with one attached hydrogen (secondary N) is 1. The van der Waals surface area contributed by atoms with Gasteiger partial charge in [0.15, 0.2) is 5.17 Å².